The molecule has 0 aliphatic heterocycles. The lowest BCUT2D eigenvalue weighted by atomic mass is 9.58. The summed E-state index contributed by atoms with van der Waals surface area (Å²) in [6, 6.07) is 8.75. The molecule has 7 heteroatoms. The van der Waals surface area contributed by atoms with E-state index in [1.165, 1.54) is 12.3 Å². The van der Waals surface area contributed by atoms with E-state index in [4.69, 9.17) is 0 Å². The third-order valence-corrected chi connectivity index (χ3v) is 4.43. The first-order valence-corrected chi connectivity index (χ1v) is 7.29. The van der Waals surface area contributed by atoms with Crippen molar-refractivity contribution in [1.29, 1.82) is 0 Å². The van der Waals surface area contributed by atoms with E-state index in [1.807, 2.05) is 0 Å². The molecule has 1 atom stereocenters. The van der Waals surface area contributed by atoms with Gasteiger partial charge in [0.25, 0.3) is 0 Å². The van der Waals surface area contributed by atoms with E-state index in [-0.39, 0.29) is 11.3 Å². The fourth-order valence-corrected chi connectivity index (χ4v) is 3.24. The summed E-state index contributed by atoms with van der Waals surface area (Å²) in [4.78, 5) is 3.98. The van der Waals surface area contributed by atoms with E-state index in [1.54, 1.807) is 12.1 Å². The Morgan fingerprint density at radius 2 is 1.62 bits per heavy atom. The largest absolute Gasteiger partial charge is 0.416 e. The number of halogens is 5. The second-order valence-corrected chi connectivity index (χ2v) is 6.10. The molecule has 1 aromatic carbocycles. The van der Waals surface area contributed by atoms with E-state index in [0.29, 0.717) is 0 Å². The Morgan fingerprint density at radius 3 is 2.08 bits per heavy atom. The first-order chi connectivity index (χ1) is 11.1. The highest BCUT2D eigenvalue weighted by molar-refractivity contribution is 5.37. The van der Waals surface area contributed by atoms with Gasteiger partial charge in [-0.2, -0.15) is 13.2 Å². The van der Waals surface area contributed by atoms with Crippen LogP contribution in [0.1, 0.15) is 35.8 Å². The van der Waals surface area contributed by atoms with Crippen LogP contribution in [0.2, 0.25) is 0 Å². The van der Waals surface area contributed by atoms with Crippen LogP contribution >= 0.6 is 0 Å². The Kier molecular flexibility index (Phi) is 3.86. The minimum absolute atomic E-state index is 0.216. The molecular formula is C17H14F5NO. The number of aliphatic hydroxyl groups is 1. The highest BCUT2D eigenvalue weighted by Crippen LogP contribution is 2.59. The number of nitrogens with zero attached hydrogens (tertiary/aromatic N) is 1. The molecule has 0 amide bonds. The number of pyridine rings is 1. The summed E-state index contributed by atoms with van der Waals surface area (Å²) >= 11 is 0. The first-order valence-electron chi connectivity index (χ1n) is 7.29. The van der Waals surface area contributed by atoms with Crippen LogP contribution in [0.3, 0.4) is 0 Å². The summed E-state index contributed by atoms with van der Waals surface area (Å²) < 4.78 is 65.1. The Bertz CT molecular complexity index is 704. The van der Waals surface area contributed by atoms with Gasteiger partial charge >= 0.3 is 6.18 Å². The quantitative estimate of drug-likeness (QED) is 0.833. The van der Waals surface area contributed by atoms with Gasteiger partial charge in [-0.25, -0.2) is 8.78 Å². The van der Waals surface area contributed by atoms with Crippen LogP contribution < -0.4 is 0 Å². The molecule has 2 aromatic rings. The number of aromatic nitrogens is 1. The second kappa shape index (κ2) is 5.51. The van der Waals surface area contributed by atoms with Crippen molar-refractivity contribution < 1.29 is 27.1 Å². The number of rotatable bonds is 3. The number of benzene rings is 1. The van der Waals surface area contributed by atoms with Crippen molar-refractivity contribution in [3.05, 3.63) is 65.5 Å². The van der Waals surface area contributed by atoms with Crippen LogP contribution in [0.25, 0.3) is 0 Å². The Balaban J connectivity index is 1.98. The van der Waals surface area contributed by atoms with Crippen LogP contribution in [0, 0.1) is 0 Å². The normalized spacial score (nSPS) is 20.2. The number of hydrogen-bond acceptors (Lipinski definition) is 2. The summed E-state index contributed by atoms with van der Waals surface area (Å²) in [5, 5.41) is 10.6. The highest BCUT2D eigenvalue weighted by Gasteiger charge is 2.61. The Labute approximate surface area is 135 Å². The van der Waals surface area contributed by atoms with Gasteiger partial charge < -0.3 is 5.11 Å². The average Bonchev–Trinajstić information content (AvgIpc) is 2.51. The minimum atomic E-state index is -4.51. The average molecular weight is 343 g/mol. The molecule has 1 saturated carbocycles. The van der Waals surface area contributed by atoms with E-state index < -0.39 is 42.0 Å². The number of hydrogen-bond donors (Lipinski definition) is 1. The van der Waals surface area contributed by atoms with E-state index >= 15 is 0 Å². The molecule has 0 unspecified atom stereocenters. The van der Waals surface area contributed by atoms with Gasteiger partial charge in [0.2, 0.25) is 5.92 Å². The molecule has 3 rings (SSSR count). The topological polar surface area (TPSA) is 33.1 Å². The Morgan fingerprint density at radius 1 is 1.00 bits per heavy atom. The lowest BCUT2D eigenvalue weighted by Crippen LogP contribution is -2.53. The maximum absolute atomic E-state index is 13.6. The molecule has 128 valence electrons. The van der Waals surface area contributed by atoms with Crippen molar-refractivity contribution in [2.24, 2.45) is 0 Å². The van der Waals surface area contributed by atoms with Gasteiger partial charge in [0, 0.05) is 24.5 Å². The van der Waals surface area contributed by atoms with E-state index in [9.17, 15) is 27.1 Å². The standard InChI is InChI=1S/C17H14F5NO/c18-16(19)9-15(10-16,14(24)13-3-1-2-8-23-13)11-4-6-12(7-5-11)17(20,21)22/h1-8,14,24H,9-10H2/t14-/m1/s1. The number of aliphatic hydroxyl groups excluding tert-OH is 1. The van der Waals surface area contributed by atoms with Gasteiger partial charge in [-0.05, 0) is 29.8 Å². The zero-order chi connectivity index (χ0) is 17.6. The Hall–Kier alpha value is -2.02. The fourth-order valence-electron chi connectivity index (χ4n) is 3.24. The molecule has 1 heterocycles. The van der Waals surface area contributed by atoms with Gasteiger partial charge in [-0.15, -0.1) is 0 Å². The molecule has 0 spiro atoms. The van der Waals surface area contributed by atoms with E-state index in [0.717, 1.165) is 24.3 Å². The molecule has 2 nitrogen and oxygen atoms in total. The monoisotopic (exact) mass is 343 g/mol. The molecule has 24 heavy (non-hydrogen) atoms. The third kappa shape index (κ3) is 2.88. The summed E-state index contributed by atoms with van der Waals surface area (Å²) in [5.74, 6) is -2.96. The molecule has 1 aliphatic carbocycles. The van der Waals surface area contributed by atoms with Crippen molar-refractivity contribution in [3.8, 4) is 0 Å². The maximum atomic E-state index is 13.6. The predicted octanol–water partition coefficient (Wildman–Crippen LogP) is 4.50. The third-order valence-electron chi connectivity index (χ3n) is 4.43. The van der Waals surface area contributed by atoms with Crippen molar-refractivity contribution in [1.82, 2.24) is 4.98 Å². The van der Waals surface area contributed by atoms with Crippen molar-refractivity contribution >= 4 is 0 Å². The van der Waals surface area contributed by atoms with Gasteiger partial charge in [-0.3, -0.25) is 4.98 Å². The van der Waals surface area contributed by atoms with Crippen LogP contribution in [0.15, 0.2) is 48.7 Å². The maximum Gasteiger partial charge on any atom is 0.416 e. The fraction of sp³-hybridized carbons (Fsp3) is 0.353. The molecule has 0 bridgehead atoms. The SMILES string of the molecule is O[C@H](c1ccccn1)C1(c2ccc(C(F)(F)F)cc2)CC(F)(F)C1. The molecule has 1 fully saturated rings. The minimum Gasteiger partial charge on any atom is -0.386 e. The van der Waals surface area contributed by atoms with Gasteiger partial charge in [0.1, 0.15) is 6.10 Å². The molecule has 0 saturated heterocycles. The summed E-state index contributed by atoms with van der Waals surface area (Å²) in [6.07, 6.45) is -5.67. The molecule has 1 aromatic heterocycles. The van der Waals surface area contributed by atoms with Gasteiger partial charge in [0.05, 0.1) is 11.3 Å². The summed E-state index contributed by atoms with van der Waals surface area (Å²) in [7, 11) is 0. The second-order valence-electron chi connectivity index (χ2n) is 6.10. The van der Waals surface area contributed by atoms with Crippen LogP contribution in [-0.2, 0) is 11.6 Å². The molecule has 1 aliphatic rings. The lowest BCUT2D eigenvalue weighted by Gasteiger charge is -2.50. The summed E-state index contributed by atoms with van der Waals surface area (Å²) in [6.45, 7) is 0. The smallest absolute Gasteiger partial charge is 0.386 e. The molecule has 0 radical (unpaired) electrons. The number of alkyl halides is 5. The predicted molar refractivity (Wildman–Crippen MR) is 76.5 cm³/mol. The van der Waals surface area contributed by atoms with E-state index in [2.05, 4.69) is 4.98 Å². The zero-order valence-electron chi connectivity index (χ0n) is 12.4. The highest BCUT2D eigenvalue weighted by atomic mass is 19.4. The first kappa shape index (κ1) is 16.8. The van der Waals surface area contributed by atoms with Gasteiger partial charge in [-0.1, -0.05) is 18.2 Å². The van der Waals surface area contributed by atoms with Crippen molar-refractivity contribution in [2.45, 2.75) is 36.5 Å². The molecular weight excluding hydrogens is 329 g/mol. The molecule has 1 N–H and O–H groups in total. The van der Waals surface area contributed by atoms with Crippen molar-refractivity contribution in [3.63, 3.8) is 0 Å². The van der Waals surface area contributed by atoms with Gasteiger partial charge in [0.15, 0.2) is 0 Å². The summed E-state index contributed by atoms with van der Waals surface area (Å²) in [5.41, 5.74) is -1.74. The van der Waals surface area contributed by atoms with Crippen molar-refractivity contribution in [2.75, 3.05) is 0 Å². The zero-order valence-corrected chi connectivity index (χ0v) is 12.4. The lowest BCUT2D eigenvalue weighted by molar-refractivity contribution is -0.163. The van der Waals surface area contributed by atoms with Crippen LogP contribution in [-0.4, -0.2) is 16.0 Å². The van der Waals surface area contributed by atoms with Crippen LogP contribution in [0.4, 0.5) is 22.0 Å². The van der Waals surface area contributed by atoms with Crippen LogP contribution in [0.5, 0.6) is 0 Å².